The molecule has 1 atom stereocenters. The van der Waals surface area contributed by atoms with Gasteiger partial charge in [-0.15, -0.1) is 0 Å². The van der Waals surface area contributed by atoms with E-state index < -0.39 is 11.3 Å². The second kappa shape index (κ2) is 6.18. The normalized spacial score (nSPS) is 12.4. The van der Waals surface area contributed by atoms with E-state index >= 15 is 0 Å². The number of benzene rings is 1. The molecule has 0 saturated carbocycles. The quantitative estimate of drug-likeness (QED) is 0.640. The molecule has 0 aliphatic heterocycles. The van der Waals surface area contributed by atoms with Gasteiger partial charge in [-0.25, -0.2) is 13.9 Å². The first-order valence-corrected chi connectivity index (χ1v) is 7.66. The van der Waals surface area contributed by atoms with E-state index in [1.54, 1.807) is 12.3 Å². The topological polar surface area (TPSA) is 95.1 Å². The molecular formula is C15H13N3O3S. The van der Waals surface area contributed by atoms with Crippen molar-refractivity contribution < 1.29 is 8.76 Å². The van der Waals surface area contributed by atoms with Crippen LogP contribution in [0.2, 0.25) is 0 Å². The standard InChI is InChI=1S/C15H13N3O3S/c19-14-5-4-13-12(6-7-16-15(13)18-14)11-3-1-2-10(8-11)9-17-22(20)21/h1-8,17H,9H2,(H,20,21)(H,16,18,19). The van der Waals surface area contributed by atoms with Crippen LogP contribution in [0.5, 0.6) is 0 Å². The van der Waals surface area contributed by atoms with Gasteiger partial charge < -0.3 is 4.98 Å². The van der Waals surface area contributed by atoms with Gasteiger partial charge in [-0.3, -0.25) is 9.35 Å². The molecule has 0 aliphatic rings. The molecular weight excluding hydrogens is 302 g/mol. The molecule has 3 N–H and O–H groups in total. The molecule has 7 heteroatoms. The Balaban J connectivity index is 2.06. The number of aromatic nitrogens is 2. The highest BCUT2D eigenvalue weighted by Crippen LogP contribution is 2.26. The number of pyridine rings is 2. The lowest BCUT2D eigenvalue weighted by Crippen LogP contribution is -2.15. The molecule has 0 fully saturated rings. The van der Waals surface area contributed by atoms with Crippen molar-refractivity contribution in [3.05, 3.63) is 64.6 Å². The van der Waals surface area contributed by atoms with Gasteiger partial charge in [-0.2, -0.15) is 0 Å². The molecule has 0 saturated heterocycles. The number of fused-ring (bicyclic) bond motifs is 1. The van der Waals surface area contributed by atoms with Crippen LogP contribution in [0.25, 0.3) is 22.2 Å². The van der Waals surface area contributed by atoms with Crippen LogP contribution in [-0.4, -0.2) is 18.7 Å². The van der Waals surface area contributed by atoms with E-state index in [0.717, 1.165) is 22.1 Å². The fraction of sp³-hybridized carbons (Fsp3) is 0.0667. The Morgan fingerprint density at radius 1 is 1.23 bits per heavy atom. The van der Waals surface area contributed by atoms with Gasteiger partial charge in [0.05, 0.1) is 0 Å². The van der Waals surface area contributed by atoms with Gasteiger partial charge in [-0.1, -0.05) is 18.2 Å². The summed E-state index contributed by atoms with van der Waals surface area (Å²) in [7, 11) is 0. The summed E-state index contributed by atoms with van der Waals surface area (Å²) in [5.41, 5.74) is 3.11. The molecule has 0 spiro atoms. The maximum absolute atomic E-state index is 11.4. The van der Waals surface area contributed by atoms with Crippen LogP contribution < -0.4 is 10.3 Å². The van der Waals surface area contributed by atoms with Crippen molar-refractivity contribution in [1.29, 1.82) is 0 Å². The minimum Gasteiger partial charge on any atom is -0.307 e. The molecule has 6 nitrogen and oxygen atoms in total. The Bertz CT molecular complexity index is 908. The molecule has 1 unspecified atom stereocenters. The SMILES string of the molecule is O=c1ccc2c(-c3cccc(CNS(=O)O)c3)ccnc2[nH]1. The minimum atomic E-state index is -2.04. The summed E-state index contributed by atoms with van der Waals surface area (Å²) in [6.07, 6.45) is 1.64. The summed E-state index contributed by atoms with van der Waals surface area (Å²) in [4.78, 5) is 18.2. The molecule has 22 heavy (non-hydrogen) atoms. The molecule has 0 radical (unpaired) electrons. The number of rotatable bonds is 4. The van der Waals surface area contributed by atoms with Crippen LogP contribution in [0.15, 0.2) is 53.5 Å². The van der Waals surface area contributed by atoms with E-state index in [0.29, 0.717) is 5.65 Å². The lowest BCUT2D eigenvalue weighted by molar-refractivity contribution is 0.548. The van der Waals surface area contributed by atoms with Gasteiger partial charge >= 0.3 is 0 Å². The highest BCUT2D eigenvalue weighted by molar-refractivity contribution is 7.77. The molecule has 3 rings (SSSR count). The highest BCUT2D eigenvalue weighted by Gasteiger charge is 2.06. The molecule has 2 aromatic heterocycles. The van der Waals surface area contributed by atoms with Gasteiger partial charge in [0.25, 0.3) is 0 Å². The fourth-order valence-electron chi connectivity index (χ4n) is 2.30. The minimum absolute atomic E-state index is 0.194. The van der Waals surface area contributed by atoms with Crippen LogP contribution >= 0.6 is 0 Å². The Kier molecular flexibility index (Phi) is 4.10. The summed E-state index contributed by atoms with van der Waals surface area (Å²) in [6.45, 7) is 0.288. The smallest absolute Gasteiger partial charge is 0.249 e. The average Bonchev–Trinajstić information content (AvgIpc) is 2.52. The van der Waals surface area contributed by atoms with Gasteiger partial charge in [-0.05, 0) is 34.9 Å². The van der Waals surface area contributed by atoms with Crippen LogP contribution in [-0.2, 0) is 17.8 Å². The molecule has 0 aliphatic carbocycles. The number of nitrogens with zero attached hydrogens (tertiary/aromatic N) is 1. The van der Waals surface area contributed by atoms with Gasteiger partial charge in [0.15, 0.2) is 0 Å². The first-order chi connectivity index (χ1) is 10.6. The summed E-state index contributed by atoms with van der Waals surface area (Å²) >= 11 is -2.04. The Morgan fingerprint density at radius 3 is 2.91 bits per heavy atom. The maximum atomic E-state index is 11.4. The maximum Gasteiger partial charge on any atom is 0.249 e. The third-order valence-corrected chi connectivity index (χ3v) is 3.66. The van der Waals surface area contributed by atoms with E-state index in [9.17, 15) is 9.00 Å². The molecule has 2 heterocycles. The van der Waals surface area contributed by atoms with Crippen molar-refractivity contribution in [2.45, 2.75) is 6.54 Å². The van der Waals surface area contributed by atoms with Crippen molar-refractivity contribution in [2.75, 3.05) is 0 Å². The molecule has 0 amide bonds. The summed E-state index contributed by atoms with van der Waals surface area (Å²) < 4.78 is 21.9. The van der Waals surface area contributed by atoms with Crippen molar-refractivity contribution in [3.8, 4) is 11.1 Å². The second-order valence-corrected chi connectivity index (χ2v) is 5.50. The second-order valence-electron chi connectivity index (χ2n) is 4.71. The van der Waals surface area contributed by atoms with E-state index in [1.165, 1.54) is 6.07 Å². The zero-order chi connectivity index (χ0) is 15.5. The Labute approximate surface area is 128 Å². The number of aromatic amines is 1. The Hall–Kier alpha value is -2.35. The van der Waals surface area contributed by atoms with Crippen molar-refractivity contribution in [1.82, 2.24) is 14.7 Å². The predicted molar refractivity (Wildman–Crippen MR) is 85.4 cm³/mol. The lowest BCUT2D eigenvalue weighted by atomic mass is 10.0. The van der Waals surface area contributed by atoms with Gasteiger partial charge in [0, 0.05) is 24.2 Å². The van der Waals surface area contributed by atoms with Crippen LogP contribution in [0.4, 0.5) is 0 Å². The van der Waals surface area contributed by atoms with Crippen LogP contribution in [0.3, 0.4) is 0 Å². The lowest BCUT2D eigenvalue weighted by Gasteiger charge is -2.08. The van der Waals surface area contributed by atoms with E-state index in [-0.39, 0.29) is 12.1 Å². The molecule has 0 bridgehead atoms. The number of nitrogens with one attached hydrogen (secondary N) is 2. The summed E-state index contributed by atoms with van der Waals surface area (Å²) in [5.74, 6) is 0. The first kappa shape index (κ1) is 14.6. The molecule has 112 valence electrons. The summed E-state index contributed by atoms with van der Waals surface area (Å²) in [6, 6.07) is 12.7. The monoisotopic (exact) mass is 315 g/mol. The van der Waals surface area contributed by atoms with Crippen molar-refractivity contribution >= 4 is 22.3 Å². The van der Waals surface area contributed by atoms with Crippen molar-refractivity contribution in [3.63, 3.8) is 0 Å². The highest BCUT2D eigenvalue weighted by atomic mass is 32.2. The largest absolute Gasteiger partial charge is 0.307 e. The fourth-order valence-corrected chi connectivity index (χ4v) is 2.59. The third-order valence-electron chi connectivity index (χ3n) is 3.27. The third kappa shape index (κ3) is 3.11. The molecule has 1 aromatic carbocycles. The first-order valence-electron chi connectivity index (χ1n) is 6.55. The zero-order valence-corrected chi connectivity index (χ0v) is 12.3. The van der Waals surface area contributed by atoms with E-state index in [2.05, 4.69) is 14.7 Å². The summed E-state index contributed by atoms with van der Waals surface area (Å²) in [5, 5.41) is 0.845. The zero-order valence-electron chi connectivity index (χ0n) is 11.4. The van der Waals surface area contributed by atoms with Gasteiger partial charge in [0.2, 0.25) is 16.8 Å². The molecule has 3 aromatic rings. The predicted octanol–water partition coefficient (Wildman–Crippen LogP) is 1.82. The number of hydrogen-bond acceptors (Lipinski definition) is 3. The Morgan fingerprint density at radius 2 is 2.09 bits per heavy atom. The number of H-pyrrole nitrogens is 1. The van der Waals surface area contributed by atoms with Crippen molar-refractivity contribution in [2.24, 2.45) is 0 Å². The van der Waals surface area contributed by atoms with Crippen LogP contribution in [0, 0.1) is 0 Å². The van der Waals surface area contributed by atoms with E-state index in [1.807, 2.05) is 30.3 Å². The van der Waals surface area contributed by atoms with Crippen LogP contribution in [0.1, 0.15) is 5.56 Å². The number of hydrogen-bond donors (Lipinski definition) is 3. The van der Waals surface area contributed by atoms with E-state index in [4.69, 9.17) is 4.55 Å². The average molecular weight is 315 g/mol. The van der Waals surface area contributed by atoms with Gasteiger partial charge in [0.1, 0.15) is 5.65 Å².